The fourth-order valence-corrected chi connectivity index (χ4v) is 1.96. The minimum atomic E-state index is -0.262. The van der Waals surface area contributed by atoms with Crippen LogP contribution >= 0.6 is 12.2 Å². The van der Waals surface area contributed by atoms with E-state index in [0.29, 0.717) is 17.7 Å². The Balaban J connectivity index is 2.69. The molecular formula is C9H12O3S. The highest BCUT2D eigenvalue weighted by molar-refractivity contribution is 7.82. The van der Waals surface area contributed by atoms with E-state index >= 15 is 0 Å². The summed E-state index contributed by atoms with van der Waals surface area (Å²) in [4.78, 5) is 22.8. The van der Waals surface area contributed by atoms with Crippen LogP contribution in [0.1, 0.15) is 19.8 Å². The summed E-state index contributed by atoms with van der Waals surface area (Å²) >= 11 is 4.89. The highest BCUT2D eigenvalue weighted by atomic mass is 32.1. The summed E-state index contributed by atoms with van der Waals surface area (Å²) in [6.45, 7) is 1.80. The Labute approximate surface area is 82.4 Å². The molecule has 72 valence electrons. The number of hydrogen-bond acceptors (Lipinski definition) is 4. The van der Waals surface area contributed by atoms with E-state index in [-0.39, 0.29) is 23.6 Å². The van der Waals surface area contributed by atoms with Gasteiger partial charge in [0.2, 0.25) is 0 Å². The van der Waals surface area contributed by atoms with Crippen LogP contribution in [0.5, 0.6) is 0 Å². The van der Waals surface area contributed by atoms with E-state index in [1.165, 1.54) is 7.11 Å². The SMILES string of the molecule is COC(=O)C1CC(=S)C(=O)C(C)C1. The lowest BCUT2D eigenvalue weighted by molar-refractivity contribution is -0.146. The molecule has 2 unspecified atom stereocenters. The van der Waals surface area contributed by atoms with Gasteiger partial charge >= 0.3 is 5.97 Å². The van der Waals surface area contributed by atoms with Crippen molar-refractivity contribution in [2.24, 2.45) is 11.8 Å². The number of carbonyl (C=O) groups excluding carboxylic acids is 2. The van der Waals surface area contributed by atoms with Crippen LogP contribution < -0.4 is 0 Å². The Kier molecular flexibility index (Phi) is 3.14. The lowest BCUT2D eigenvalue weighted by Gasteiger charge is -2.24. The molecule has 0 spiro atoms. The smallest absolute Gasteiger partial charge is 0.309 e. The molecule has 0 aliphatic heterocycles. The number of thiocarbonyl (C=S) groups is 1. The second-order valence-electron chi connectivity index (χ2n) is 3.35. The van der Waals surface area contributed by atoms with Crippen LogP contribution in [0.15, 0.2) is 0 Å². The highest BCUT2D eigenvalue weighted by Gasteiger charge is 2.33. The van der Waals surface area contributed by atoms with Crippen LogP contribution in [0.3, 0.4) is 0 Å². The summed E-state index contributed by atoms with van der Waals surface area (Å²) in [5.41, 5.74) is 0. The molecule has 1 saturated carbocycles. The van der Waals surface area contributed by atoms with Crippen LogP contribution in [0.2, 0.25) is 0 Å². The number of ether oxygens (including phenoxy) is 1. The number of methoxy groups -OCH3 is 1. The van der Waals surface area contributed by atoms with Gasteiger partial charge < -0.3 is 4.74 Å². The van der Waals surface area contributed by atoms with Crippen LogP contribution in [-0.4, -0.2) is 23.7 Å². The summed E-state index contributed by atoms with van der Waals surface area (Å²) < 4.78 is 4.61. The Bertz CT molecular complexity index is 260. The number of hydrogen-bond donors (Lipinski definition) is 0. The number of ketones is 1. The van der Waals surface area contributed by atoms with Gasteiger partial charge in [0.05, 0.1) is 17.9 Å². The van der Waals surface area contributed by atoms with Crippen LogP contribution in [0.25, 0.3) is 0 Å². The van der Waals surface area contributed by atoms with Crippen LogP contribution in [0, 0.1) is 11.8 Å². The topological polar surface area (TPSA) is 43.4 Å². The molecule has 1 aliphatic carbocycles. The molecule has 0 amide bonds. The molecular weight excluding hydrogens is 188 g/mol. The molecule has 4 heteroatoms. The quantitative estimate of drug-likeness (QED) is 0.470. The molecule has 13 heavy (non-hydrogen) atoms. The molecule has 0 N–H and O–H groups in total. The van der Waals surface area contributed by atoms with Crippen molar-refractivity contribution in [2.75, 3.05) is 7.11 Å². The standard InChI is InChI=1S/C9H12O3S/c1-5-3-6(9(11)12-2)4-7(13)8(5)10/h5-6H,3-4H2,1-2H3. The lowest BCUT2D eigenvalue weighted by atomic mass is 9.81. The Hall–Kier alpha value is -0.770. The molecule has 0 radical (unpaired) electrons. The minimum absolute atomic E-state index is 0.00940. The third-order valence-corrected chi connectivity index (χ3v) is 2.69. The molecule has 1 fully saturated rings. The first-order valence-corrected chi connectivity index (χ1v) is 4.62. The van der Waals surface area contributed by atoms with Crippen molar-refractivity contribution in [3.05, 3.63) is 0 Å². The summed E-state index contributed by atoms with van der Waals surface area (Å²) in [7, 11) is 1.35. The van der Waals surface area contributed by atoms with Crippen LogP contribution in [-0.2, 0) is 14.3 Å². The molecule has 3 nitrogen and oxygen atoms in total. The van der Waals surface area contributed by atoms with Crippen molar-refractivity contribution < 1.29 is 14.3 Å². The van der Waals surface area contributed by atoms with E-state index in [0.717, 1.165) is 0 Å². The maximum atomic E-state index is 11.3. The van der Waals surface area contributed by atoms with Gasteiger partial charge in [-0.3, -0.25) is 9.59 Å². The maximum absolute atomic E-state index is 11.3. The highest BCUT2D eigenvalue weighted by Crippen LogP contribution is 2.25. The third kappa shape index (κ3) is 2.12. The predicted octanol–water partition coefficient (Wildman–Crippen LogP) is 1.14. The normalized spacial score (nSPS) is 28.8. The van der Waals surface area contributed by atoms with Gasteiger partial charge in [-0.15, -0.1) is 0 Å². The largest absolute Gasteiger partial charge is 0.469 e. The van der Waals surface area contributed by atoms with Crippen LogP contribution in [0.4, 0.5) is 0 Å². The summed E-state index contributed by atoms with van der Waals surface area (Å²) in [6, 6.07) is 0. The average molecular weight is 200 g/mol. The Morgan fingerprint density at radius 3 is 2.69 bits per heavy atom. The second kappa shape index (κ2) is 3.96. The van der Waals surface area contributed by atoms with Gasteiger partial charge in [-0.1, -0.05) is 19.1 Å². The van der Waals surface area contributed by atoms with Gasteiger partial charge in [0, 0.05) is 5.92 Å². The first-order valence-electron chi connectivity index (χ1n) is 4.21. The van der Waals surface area contributed by atoms with E-state index in [1.54, 1.807) is 6.92 Å². The van der Waals surface area contributed by atoms with Gasteiger partial charge in [0.25, 0.3) is 0 Å². The van der Waals surface area contributed by atoms with Gasteiger partial charge in [0.1, 0.15) is 0 Å². The zero-order chi connectivity index (χ0) is 10.0. The van der Waals surface area contributed by atoms with Gasteiger partial charge in [0.15, 0.2) is 5.78 Å². The first kappa shape index (κ1) is 10.3. The van der Waals surface area contributed by atoms with Gasteiger partial charge in [-0.2, -0.15) is 0 Å². The molecule has 0 bridgehead atoms. The van der Waals surface area contributed by atoms with E-state index in [2.05, 4.69) is 4.74 Å². The third-order valence-electron chi connectivity index (χ3n) is 2.33. The number of rotatable bonds is 1. The number of Topliss-reactive ketones (excluding diaryl/α,β-unsaturated/α-hetero) is 1. The molecule has 2 atom stereocenters. The van der Waals surface area contributed by atoms with Crippen molar-refractivity contribution in [1.29, 1.82) is 0 Å². The molecule has 0 heterocycles. The summed E-state index contributed by atoms with van der Waals surface area (Å²) in [5.74, 6) is -0.604. The lowest BCUT2D eigenvalue weighted by Crippen LogP contribution is -2.34. The second-order valence-corrected chi connectivity index (χ2v) is 3.84. The minimum Gasteiger partial charge on any atom is -0.469 e. The fraction of sp³-hybridized carbons (Fsp3) is 0.667. The Morgan fingerprint density at radius 1 is 1.62 bits per heavy atom. The zero-order valence-electron chi connectivity index (χ0n) is 7.70. The molecule has 0 aromatic heterocycles. The number of esters is 1. The Morgan fingerprint density at radius 2 is 2.23 bits per heavy atom. The monoisotopic (exact) mass is 200 g/mol. The number of carbonyl (C=O) groups is 2. The van der Waals surface area contributed by atoms with E-state index in [9.17, 15) is 9.59 Å². The van der Waals surface area contributed by atoms with Crippen molar-refractivity contribution in [3.63, 3.8) is 0 Å². The van der Waals surface area contributed by atoms with Crippen molar-refractivity contribution in [2.45, 2.75) is 19.8 Å². The fourth-order valence-electron chi connectivity index (χ4n) is 1.56. The van der Waals surface area contributed by atoms with Gasteiger partial charge in [-0.05, 0) is 12.8 Å². The predicted molar refractivity (Wildman–Crippen MR) is 51.5 cm³/mol. The van der Waals surface area contributed by atoms with E-state index in [4.69, 9.17) is 12.2 Å². The average Bonchev–Trinajstić information content (AvgIpc) is 2.12. The summed E-state index contributed by atoms with van der Waals surface area (Å²) in [5, 5.41) is 0. The molecule has 1 aliphatic rings. The molecule has 0 saturated heterocycles. The van der Waals surface area contributed by atoms with E-state index < -0.39 is 0 Å². The molecule has 0 aromatic carbocycles. The van der Waals surface area contributed by atoms with E-state index in [1.807, 2.05) is 0 Å². The first-order chi connectivity index (χ1) is 6.06. The van der Waals surface area contributed by atoms with Crippen molar-refractivity contribution in [3.8, 4) is 0 Å². The molecule has 1 rings (SSSR count). The van der Waals surface area contributed by atoms with Gasteiger partial charge in [-0.25, -0.2) is 0 Å². The zero-order valence-corrected chi connectivity index (χ0v) is 8.52. The molecule has 0 aromatic rings. The maximum Gasteiger partial charge on any atom is 0.309 e. The van der Waals surface area contributed by atoms with Crippen molar-refractivity contribution in [1.82, 2.24) is 0 Å². The van der Waals surface area contributed by atoms with Crippen molar-refractivity contribution >= 4 is 28.8 Å². The summed E-state index contributed by atoms with van der Waals surface area (Å²) in [6.07, 6.45) is 0.941.